The second-order valence-corrected chi connectivity index (χ2v) is 5.45. The molecular formula is C15H17BrN2O. The lowest BCUT2D eigenvalue weighted by Crippen LogP contribution is -2.21. The van der Waals surface area contributed by atoms with E-state index in [9.17, 15) is 0 Å². The van der Waals surface area contributed by atoms with Gasteiger partial charge in [0.25, 0.3) is 0 Å². The lowest BCUT2D eigenvalue weighted by atomic mass is 10.2. The number of aromatic nitrogens is 1. The molecule has 4 heteroatoms. The Bertz CT molecular complexity index is 543. The molecule has 1 heterocycles. The number of benzene rings is 1. The summed E-state index contributed by atoms with van der Waals surface area (Å²) in [7, 11) is 0. The van der Waals surface area contributed by atoms with E-state index in [0.717, 1.165) is 28.1 Å². The van der Waals surface area contributed by atoms with E-state index in [2.05, 4.69) is 40.1 Å². The van der Waals surface area contributed by atoms with Gasteiger partial charge >= 0.3 is 0 Å². The molecule has 19 heavy (non-hydrogen) atoms. The number of nitrogens with zero attached hydrogens (tertiary/aromatic N) is 1. The molecule has 100 valence electrons. The molecule has 2 rings (SSSR count). The summed E-state index contributed by atoms with van der Waals surface area (Å²) >= 11 is 3.46. The third kappa shape index (κ3) is 4.33. The highest BCUT2D eigenvalue weighted by Crippen LogP contribution is 2.28. The first-order valence-corrected chi connectivity index (χ1v) is 7.04. The molecule has 0 atom stereocenters. The highest BCUT2D eigenvalue weighted by molar-refractivity contribution is 9.10. The minimum absolute atomic E-state index is 0.452. The van der Waals surface area contributed by atoms with Gasteiger partial charge in [0.1, 0.15) is 11.5 Å². The van der Waals surface area contributed by atoms with Gasteiger partial charge in [-0.1, -0.05) is 26.0 Å². The smallest absolute Gasteiger partial charge is 0.146 e. The van der Waals surface area contributed by atoms with Crippen molar-refractivity contribution in [1.82, 2.24) is 10.3 Å². The van der Waals surface area contributed by atoms with Crippen LogP contribution in [0.25, 0.3) is 0 Å². The van der Waals surface area contributed by atoms with Crippen molar-refractivity contribution in [3.8, 4) is 11.5 Å². The molecule has 1 aromatic heterocycles. The van der Waals surface area contributed by atoms with Crippen LogP contribution in [-0.2, 0) is 6.54 Å². The third-order valence-electron chi connectivity index (χ3n) is 2.55. The molecule has 0 bridgehead atoms. The van der Waals surface area contributed by atoms with Gasteiger partial charge < -0.3 is 10.1 Å². The molecule has 0 unspecified atom stereocenters. The highest BCUT2D eigenvalue weighted by Gasteiger charge is 2.03. The van der Waals surface area contributed by atoms with Crippen LogP contribution in [0.4, 0.5) is 0 Å². The number of halogens is 1. The predicted molar refractivity (Wildman–Crippen MR) is 80.4 cm³/mol. The Hall–Kier alpha value is -1.39. The fraction of sp³-hybridized carbons (Fsp3) is 0.267. The Balaban J connectivity index is 2.09. The summed E-state index contributed by atoms with van der Waals surface area (Å²) in [5, 5.41) is 3.36. The maximum absolute atomic E-state index is 5.82. The second-order valence-electron chi connectivity index (χ2n) is 4.60. The standard InChI is InChI=1S/C15H17BrN2O/c1-11(2)18-9-12-7-13(10-17-8-12)19-15-6-4-3-5-14(15)16/h3-8,10-11,18H,9H2,1-2H3. The van der Waals surface area contributed by atoms with E-state index in [4.69, 9.17) is 4.74 Å². The zero-order valence-corrected chi connectivity index (χ0v) is 12.6. The minimum Gasteiger partial charge on any atom is -0.455 e. The first-order valence-electron chi connectivity index (χ1n) is 6.25. The van der Waals surface area contributed by atoms with E-state index < -0.39 is 0 Å². The molecule has 2 aromatic rings. The van der Waals surface area contributed by atoms with E-state index in [-0.39, 0.29) is 0 Å². The topological polar surface area (TPSA) is 34.2 Å². The fourth-order valence-electron chi connectivity index (χ4n) is 1.59. The molecule has 0 spiro atoms. The monoisotopic (exact) mass is 320 g/mol. The summed E-state index contributed by atoms with van der Waals surface area (Å²) in [6, 6.07) is 10.2. The third-order valence-corrected chi connectivity index (χ3v) is 3.20. The van der Waals surface area contributed by atoms with Gasteiger partial charge in [-0.25, -0.2) is 0 Å². The normalized spacial score (nSPS) is 10.7. The quantitative estimate of drug-likeness (QED) is 0.899. The Morgan fingerprint density at radius 1 is 1.26 bits per heavy atom. The zero-order valence-electron chi connectivity index (χ0n) is 11.1. The maximum atomic E-state index is 5.82. The SMILES string of the molecule is CC(C)NCc1cncc(Oc2ccccc2Br)c1. The number of para-hydroxylation sites is 1. The van der Waals surface area contributed by atoms with Gasteiger partial charge in [0, 0.05) is 18.8 Å². The molecule has 0 saturated carbocycles. The number of nitrogens with one attached hydrogen (secondary N) is 1. The molecule has 0 aliphatic heterocycles. The van der Waals surface area contributed by atoms with Crippen LogP contribution in [0.2, 0.25) is 0 Å². The minimum atomic E-state index is 0.452. The fourth-order valence-corrected chi connectivity index (χ4v) is 1.96. The molecule has 1 N–H and O–H groups in total. The van der Waals surface area contributed by atoms with Crippen LogP contribution < -0.4 is 10.1 Å². The molecular weight excluding hydrogens is 304 g/mol. The van der Waals surface area contributed by atoms with Crippen molar-refractivity contribution in [2.24, 2.45) is 0 Å². The molecule has 0 fully saturated rings. The van der Waals surface area contributed by atoms with Crippen LogP contribution in [0.1, 0.15) is 19.4 Å². The van der Waals surface area contributed by atoms with Crippen molar-refractivity contribution < 1.29 is 4.74 Å². The predicted octanol–water partition coefficient (Wildman–Crippen LogP) is 4.13. The van der Waals surface area contributed by atoms with Gasteiger partial charge in [0.05, 0.1) is 10.7 Å². The van der Waals surface area contributed by atoms with Crippen molar-refractivity contribution in [1.29, 1.82) is 0 Å². The number of pyridine rings is 1. The summed E-state index contributed by atoms with van der Waals surface area (Å²) in [6.07, 6.45) is 3.57. The van der Waals surface area contributed by atoms with Crippen LogP contribution in [0, 0.1) is 0 Å². The lowest BCUT2D eigenvalue weighted by Gasteiger charge is -2.10. The van der Waals surface area contributed by atoms with Crippen molar-refractivity contribution in [2.45, 2.75) is 26.4 Å². The Labute approximate surface area is 122 Å². The molecule has 0 radical (unpaired) electrons. The highest BCUT2D eigenvalue weighted by atomic mass is 79.9. The van der Waals surface area contributed by atoms with E-state index in [0.29, 0.717) is 6.04 Å². The van der Waals surface area contributed by atoms with Crippen molar-refractivity contribution >= 4 is 15.9 Å². The van der Waals surface area contributed by atoms with Crippen LogP contribution >= 0.6 is 15.9 Å². The summed E-state index contributed by atoms with van der Waals surface area (Å²) < 4.78 is 6.75. The molecule has 0 aliphatic carbocycles. The first-order chi connectivity index (χ1) is 9.15. The van der Waals surface area contributed by atoms with E-state index in [1.165, 1.54) is 0 Å². The van der Waals surface area contributed by atoms with Crippen molar-refractivity contribution in [3.05, 3.63) is 52.8 Å². The van der Waals surface area contributed by atoms with Gasteiger partial charge in [-0.05, 0) is 39.7 Å². The van der Waals surface area contributed by atoms with Crippen molar-refractivity contribution in [3.63, 3.8) is 0 Å². The van der Waals surface area contributed by atoms with Gasteiger partial charge in [-0.2, -0.15) is 0 Å². The molecule has 0 aliphatic rings. The average Bonchev–Trinajstić information content (AvgIpc) is 2.40. The van der Waals surface area contributed by atoms with E-state index >= 15 is 0 Å². The molecule has 3 nitrogen and oxygen atoms in total. The van der Waals surface area contributed by atoms with Gasteiger partial charge in [-0.3, -0.25) is 4.98 Å². The lowest BCUT2D eigenvalue weighted by molar-refractivity contribution is 0.475. The maximum Gasteiger partial charge on any atom is 0.146 e. The molecule has 1 aromatic carbocycles. The van der Waals surface area contributed by atoms with Crippen LogP contribution in [0.15, 0.2) is 47.2 Å². The largest absolute Gasteiger partial charge is 0.455 e. The Morgan fingerprint density at radius 3 is 2.79 bits per heavy atom. The second kappa shape index (κ2) is 6.68. The number of ether oxygens (including phenoxy) is 1. The average molecular weight is 321 g/mol. The number of hydrogen-bond acceptors (Lipinski definition) is 3. The number of hydrogen-bond donors (Lipinski definition) is 1. The molecule has 0 amide bonds. The van der Waals surface area contributed by atoms with E-state index in [1.54, 1.807) is 6.20 Å². The summed E-state index contributed by atoms with van der Waals surface area (Å²) in [4.78, 5) is 4.21. The first kappa shape index (κ1) is 14.0. The van der Waals surface area contributed by atoms with E-state index in [1.807, 2.05) is 36.5 Å². The van der Waals surface area contributed by atoms with Crippen LogP contribution in [0.3, 0.4) is 0 Å². The zero-order chi connectivity index (χ0) is 13.7. The van der Waals surface area contributed by atoms with Gasteiger partial charge in [-0.15, -0.1) is 0 Å². The van der Waals surface area contributed by atoms with Crippen LogP contribution in [-0.4, -0.2) is 11.0 Å². The molecule has 0 saturated heterocycles. The Morgan fingerprint density at radius 2 is 2.05 bits per heavy atom. The number of rotatable bonds is 5. The summed E-state index contributed by atoms with van der Waals surface area (Å²) in [6.45, 7) is 5.03. The summed E-state index contributed by atoms with van der Waals surface area (Å²) in [5.74, 6) is 1.54. The Kier molecular flexibility index (Phi) is 4.93. The van der Waals surface area contributed by atoms with Gasteiger partial charge in [0.2, 0.25) is 0 Å². The van der Waals surface area contributed by atoms with Gasteiger partial charge in [0.15, 0.2) is 0 Å². The van der Waals surface area contributed by atoms with Crippen LogP contribution in [0.5, 0.6) is 11.5 Å². The van der Waals surface area contributed by atoms with Crippen molar-refractivity contribution in [2.75, 3.05) is 0 Å². The summed E-state index contributed by atoms with van der Waals surface area (Å²) in [5.41, 5.74) is 1.11.